The predicted octanol–water partition coefficient (Wildman–Crippen LogP) is 2.98. The molecule has 2 aromatic rings. The number of nitrogens with zero attached hydrogens (tertiary/aromatic N) is 1. The van der Waals surface area contributed by atoms with Crippen LogP contribution in [0.1, 0.15) is 46.8 Å². The summed E-state index contributed by atoms with van der Waals surface area (Å²) in [5.74, 6) is -1.13. The second-order valence-corrected chi connectivity index (χ2v) is 6.98. The zero-order chi connectivity index (χ0) is 20.8. The molecule has 1 saturated heterocycles. The van der Waals surface area contributed by atoms with E-state index in [1.165, 1.54) is 31.4 Å². The van der Waals surface area contributed by atoms with E-state index >= 15 is 0 Å². The Hall–Kier alpha value is -3.22. The molecule has 1 unspecified atom stereocenters. The molecule has 0 aromatic heterocycles. The van der Waals surface area contributed by atoms with E-state index in [-0.39, 0.29) is 18.2 Å². The number of carbonyl (C=O) groups excluding carboxylic acids is 3. The first-order valence-corrected chi connectivity index (χ1v) is 9.46. The molecule has 0 aliphatic carbocycles. The highest BCUT2D eigenvalue weighted by Gasteiger charge is 2.22. The highest BCUT2D eigenvalue weighted by Crippen LogP contribution is 2.20. The Morgan fingerprint density at radius 2 is 1.97 bits per heavy atom. The van der Waals surface area contributed by atoms with Crippen molar-refractivity contribution >= 4 is 17.8 Å². The maximum absolute atomic E-state index is 13.2. The van der Waals surface area contributed by atoms with Crippen molar-refractivity contribution in [2.24, 2.45) is 0 Å². The molecular weight excluding hydrogens is 375 g/mol. The summed E-state index contributed by atoms with van der Waals surface area (Å²) in [7, 11) is 1.27. The molecule has 152 valence electrons. The number of rotatable bonds is 7. The number of hydrogen-bond acceptors (Lipinski definition) is 4. The van der Waals surface area contributed by atoms with Crippen molar-refractivity contribution in [3.63, 3.8) is 0 Å². The van der Waals surface area contributed by atoms with Crippen LogP contribution in [-0.4, -0.2) is 36.3 Å². The summed E-state index contributed by atoms with van der Waals surface area (Å²) in [6.07, 6.45) is 1.34. The Kier molecular flexibility index (Phi) is 6.59. The van der Waals surface area contributed by atoms with Gasteiger partial charge in [0.15, 0.2) is 0 Å². The van der Waals surface area contributed by atoms with Crippen molar-refractivity contribution in [2.45, 2.75) is 31.8 Å². The van der Waals surface area contributed by atoms with E-state index in [1.54, 1.807) is 23.1 Å². The van der Waals surface area contributed by atoms with E-state index in [1.807, 2.05) is 6.07 Å². The number of halogens is 1. The summed E-state index contributed by atoms with van der Waals surface area (Å²) in [6.45, 7) is 1.19. The number of esters is 1. The lowest BCUT2D eigenvalue weighted by Crippen LogP contribution is -2.30. The van der Waals surface area contributed by atoms with Crippen LogP contribution < -0.4 is 5.32 Å². The van der Waals surface area contributed by atoms with E-state index in [0.29, 0.717) is 24.1 Å². The average molecular weight is 398 g/mol. The molecule has 0 spiro atoms. The van der Waals surface area contributed by atoms with Crippen molar-refractivity contribution < 1.29 is 23.5 Å². The van der Waals surface area contributed by atoms with Gasteiger partial charge in [0, 0.05) is 25.1 Å². The van der Waals surface area contributed by atoms with Gasteiger partial charge in [-0.15, -0.1) is 0 Å². The Morgan fingerprint density at radius 3 is 2.62 bits per heavy atom. The van der Waals surface area contributed by atoms with Gasteiger partial charge in [0.1, 0.15) is 5.82 Å². The van der Waals surface area contributed by atoms with E-state index in [0.717, 1.165) is 18.5 Å². The summed E-state index contributed by atoms with van der Waals surface area (Å²) < 4.78 is 18.0. The monoisotopic (exact) mass is 398 g/mol. The normalized spacial score (nSPS) is 14.6. The third-order valence-electron chi connectivity index (χ3n) is 4.91. The van der Waals surface area contributed by atoms with Gasteiger partial charge in [-0.2, -0.15) is 0 Å². The molecule has 1 N–H and O–H groups in total. The van der Waals surface area contributed by atoms with Gasteiger partial charge < -0.3 is 15.0 Å². The lowest BCUT2D eigenvalue weighted by molar-refractivity contribution is -0.141. The van der Waals surface area contributed by atoms with Crippen molar-refractivity contribution in [3.8, 4) is 0 Å². The van der Waals surface area contributed by atoms with Gasteiger partial charge in [0.2, 0.25) is 5.91 Å². The fourth-order valence-electron chi connectivity index (χ4n) is 3.34. The quantitative estimate of drug-likeness (QED) is 0.728. The number of likely N-dealkylation sites (tertiary alicyclic amines) is 1. The molecule has 3 rings (SSSR count). The lowest BCUT2D eigenvalue weighted by atomic mass is 10.0. The molecule has 0 radical (unpaired) electrons. The zero-order valence-corrected chi connectivity index (χ0v) is 16.2. The fourth-order valence-corrected chi connectivity index (χ4v) is 3.34. The summed E-state index contributed by atoms with van der Waals surface area (Å²) in [5, 5.41) is 2.82. The van der Waals surface area contributed by atoms with Crippen molar-refractivity contribution in [2.75, 3.05) is 13.7 Å². The minimum Gasteiger partial charge on any atom is -0.469 e. The van der Waals surface area contributed by atoms with E-state index < -0.39 is 17.8 Å². The Balaban J connectivity index is 1.74. The molecule has 7 heteroatoms. The Morgan fingerprint density at radius 1 is 1.21 bits per heavy atom. The predicted molar refractivity (Wildman–Crippen MR) is 104 cm³/mol. The van der Waals surface area contributed by atoms with Crippen LogP contribution in [0.5, 0.6) is 0 Å². The highest BCUT2D eigenvalue weighted by molar-refractivity contribution is 5.95. The van der Waals surface area contributed by atoms with Crippen molar-refractivity contribution in [1.29, 1.82) is 0 Å². The van der Waals surface area contributed by atoms with Crippen LogP contribution in [-0.2, 0) is 20.9 Å². The number of ether oxygens (including phenoxy) is 1. The number of methoxy groups -OCH3 is 1. The first kappa shape index (κ1) is 20.5. The van der Waals surface area contributed by atoms with Gasteiger partial charge in [0.25, 0.3) is 5.91 Å². The van der Waals surface area contributed by atoms with Gasteiger partial charge in [0.05, 0.1) is 19.6 Å². The van der Waals surface area contributed by atoms with Gasteiger partial charge in [-0.05, 0) is 41.8 Å². The number of carbonyl (C=O) groups is 3. The molecule has 0 bridgehead atoms. The third-order valence-corrected chi connectivity index (χ3v) is 4.91. The molecule has 6 nitrogen and oxygen atoms in total. The average Bonchev–Trinajstić information content (AvgIpc) is 3.12. The molecule has 1 atom stereocenters. The summed E-state index contributed by atoms with van der Waals surface area (Å²) >= 11 is 0. The van der Waals surface area contributed by atoms with Crippen LogP contribution in [0.3, 0.4) is 0 Å². The molecule has 1 aliphatic heterocycles. The standard InChI is InChI=1S/C22H23FN2O4/c1-29-21(27)13-19(16-7-9-18(23)10-8-16)24-22(28)17-5-2-4-15(12-17)14-25-11-3-6-20(25)26/h2,4-5,7-10,12,19H,3,6,11,13-14H2,1H3,(H,24,28). The molecule has 1 heterocycles. The largest absolute Gasteiger partial charge is 0.469 e. The van der Waals surface area contributed by atoms with Crippen LogP contribution in [0.25, 0.3) is 0 Å². The molecule has 0 saturated carbocycles. The fraction of sp³-hybridized carbons (Fsp3) is 0.318. The first-order valence-electron chi connectivity index (χ1n) is 9.46. The van der Waals surface area contributed by atoms with E-state index in [2.05, 4.69) is 5.32 Å². The second-order valence-electron chi connectivity index (χ2n) is 6.98. The number of hydrogen-bond donors (Lipinski definition) is 1. The maximum Gasteiger partial charge on any atom is 0.307 e. The minimum absolute atomic E-state index is 0.0736. The van der Waals surface area contributed by atoms with Crippen LogP contribution in [0.2, 0.25) is 0 Å². The Bertz CT molecular complexity index is 898. The van der Waals surface area contributed by atoms with Crippen LogP contribution >= 0.6 is 0 Å². The van der Waals surface area contributed by atoms with Crippen LogP contribution in [0.15, 0.2) is 48.5 Å². The smallest absolute Gasteiger partial charge is 0.307 e. The van der Waals surface area contributed by atoms with Crippen LogP contribution in [0, 0.1) is 5.82 Å². The molecule has 2 aromatic carbocycles. The van der Waals surface area contributed by atoms with Crippen molar-refractivity contribution in [1.82, 2.24) is 10.2 Å². The number of nitrogens with one attached hydrogen (secondary N) is 1. The van der Waals surface area contributed by atoms with E-state index in [4.69, 9.17) is 4.74 Å². The SMILES string of the molecule is COC(=O)CC(NC(=O)c1cccc(CN2CCCC2=O)c1)c1ccc(F)cc1. The second kappa shape index (κ2) is 9.32. The minimum atomic E-state index is -0.653. The maximum atomic E-state index is 13.2. The number of benzene rings is 2. The number of amides is 2. The molecule has 1 fully saturated rings. The zero-order valence-electron chi connectivity index (χ0n) is 16.2. The summed E-state index contributed by atoms with van der Waals surface area (Å²) in [4.78, 5) is 38.2. The molecule has 1 aliphatic rings. The van der Waals surface area contributed by atoms with Gasteiger partial charge in [-0.25, -0.2) is 4.39 Å². The molecule has 2 amide bonds. The van der Waals surface area contributed by atoms with Crippen molar-refractivity contribution in [3.05, 3.63) is 71.0 Å². The van der Waals surface area contributed by atoms with Crippen LogP contribution in [0.4, 0.5) is 4.39 Å². The lowest BCUT2D eigenvalue weighted by Gasteiger charge is -2.19. The van der Waals surface area contributed by atoms with Gasteiger partial charge >= 0.3 is 5.97 Å². The van der Waals surface area contributed by atoms with E-state index in [9.17, 15) is 18.8 Å². The molecular formula is C22H23FN2O4. The highest BCUT2D eigenvalue weighted by atomic mass is 19.1. The molecule has 29 heavy (non-hydrogen) atoms. The van der Waals surface area contributed by atoms with Gasteiger partial charge in [-0.1, -0.05) is 24.3 Å². The third kappa shape index (κ3) is 5.40. The summed E-state index contributed by atoms with van der Waals surface area (Å²) in [5.41, 5.74) is 1.88. The Labute approximate surface area is 168 Å². The first-order chi connectivity index (χ1) is 14.0. The topological polar surface area (TPSA) is 75.7 Å². The summed E-state index contributed by atoms with van der Waals surface area (Å²) in [6, 6.07) is 12.0. The van der Waals surface area contributed by atoms with Gasteiger partial charge in [-0.3, -0.25) is 14.4 Å².